The molecule has 6 heteroatoms. The molecule has 0 radical (unpaired) electrons. The number of ether oxygens (including phenoxy) is 1. The van der Waals surface area contributed by atoms with Gasteiger partial charge in [0.25, 0.3) is 5.91 Å². The molecule has 0 unspecified atom stereocenters. The quantitative estimate of drug-likeness (QED) is 0.316. The van der Waals surface area contributed by atoms with E-state index >= 15 is 0 Å². The Hall–Kier alpha value is -3.95. The number of aromatic nitrogens is 1. The first-order chi connectivity index (χ1) is 15.1. The van der Waals surface area contributed by atoms with E-state index in [1.807, 2.05) is 73.7 Å². The number of hydrogen-bond donors (Lipinski definition) is 1. The maximum Gasteiger partial charge on any atom is 0.268 e. The van der Waals surface area contributed by atoms with Gasteiger partial charge in [-0.15, -0.1) is 0 Å². The standard InChI is InChI=1S/C25H19N3O2S/c1-17-6-8-19(9-7-17)16-30-21-12-10-18(11-13-21)14-20(15-26)24(29)28-25-27-22-4-2-3-5-23(22)31-25/h2-14H,16H2,1H3,(H,27,28,29)/b20-14+. The van der Waals surface area contributed by atoms with Gasteiger partial charge in [-0.2, -0.15) is 5.26 Å². The predicted octanol–water partition coefficient (Wildman–Crippen LogP) is 5.73. The summed E-state index contributed by atoms with van der Waals surface area (Å²) in [7, 11) is 0. The maximum absolute atomic E-state index is 12.5. The van der Waals surface area contributed by atoms with E-state index in [4.69, 9.17) is 4.74 Å². The second-order valence-electron chi connectivity index (χ2n) is 6.95. The van der Waals surface area contributed by atoms with Gasteiger partial charge in [-0.3, -0.25) is 10.1 Å². The van der Waals surface area contributed by atoms with Crippen molar-refractivity contribution in [3.05, 3.63) is 95.1 Å². The molecule has 1 heterocycles. The SMILES string of the molecule is Cc1ccc(COc2ccc(/C=C(\C#N)C(=O)Nc3nc4ccccc4s3)cc2)cc1. The van der Waals surface area contributed by atoms with E-state index in [0.717, 1.165) is 27.1 Å². The van der Waals surface area contributed by atoms with Gasteiger partial charge >= 0.3 is 0 Å². The molecule has 3 aromatic carbocycles. The Balaban J connectivity index is 1.41. The van der Waals surface area contributed by atoms with E-state index in [1.54, 1.807) is 6.08 Å². The lowest BCUT2D eigenvalue weighted by Gasteiger charge is -2.07. The highest BCUT2D eigenvalue weighted by molar-refractivity contribution is 7.22. The number of thiazole rings is 1. The van der Waals surface area contributed by atoms with Gasteiger partial charge in [0.2, 0.25) is 0 Å². The van der Waals surface area contributed by atoms with Crippen LogP contribution in [0, 0.1) is 18.3 Å². The molecular formula is C25H19N3O2S. The Kier molecular flexibility index (Phi) is 6.06. The van der Waals surface area contributed by atoms with Crippen molar-refractivity contribution >= 4 is 38.7 Å². The minimum atomic E-state index is -0.485. The molecule has 1 N–H and O–H groups in total. The second kappa shape index (κ2) is 9.24. The zero-order chi connectivity index (χ0) is 21.6. The van der Waals surface area contributed by atoms with Crippen LogP contribution in [-0.4, -0.2) is 10.9 Å². The van der Waals surface area contributed by atoms with Gasteiger partial charge in [-0.05, 0) is 48.4 Å². The average Bonchev–Trinajstić information content (AvgIpc) is 3.20. The number of para-hydroxylation sites is 1. The van der Waals surface area contributed by atoms with Gasteiger partial charge in [0.1, 0.15) is 24.0 Å². The van der Waals surface area contributed by atoms with Crippen LogP contribution >= 0.6 is 11.3 Å². The number of rotatable bonds is 6. The molecular weight excluding hydrogens is 406 g/mol. The molecule has 0 aliphatic carbocycles. The van der Waals surface area contributed by atoms with Crippen molar-refractivity contribution in [2.45, 2.75) is 13.5 Å². The number of hydrogen-bond acceptors (Lipinski definition) is 5. The van der Waals surface area contributed by atoms with Crippen LogP contribution in [0.3, 0.4) is 0 Å². The zero-order valence-electron chi connectivity index (χ0n) is 16.8. The number of benzene rings is 3. The van der Waals surface area contributed by atoms with Gasteiger partial charge in [0.05, 0.1) is 10.2 Å². The molecule has 0 fully saturated rings. The molecule has 31 heavy (non-hydrogen) atoms. The summed E-state index contributed by atoms with van der Waals surface area (Å²) in [6.45, 7) is 2.52. The van der Waals surface area contributed by atoms with E-state index in [1.165, 1.54) is 16.9 Å². The van der Waals surface area contributed by atoms with Crippen molar-refractivity contribution in [2.24, 2.45) is 0 Å². The lowest BCUT2D eigenvalue weighted by Crippen LogP contribution is -2.13. The maximum atomic E-state index is 12.5. The topological polar surface area (TPSA) is 75.0 Å². The summed E-state index contributed by atoms with van der Waals surface area (Å²) >= 11 is 1.37. The van der Waals surface area contributed by atoms with Crippen LogP contribution in [0.5, 0.6) is 5.75 Å². The molecule has 4 rings (SSSR count). The number of fused-ring (bicyclic) bond motifs is 1. The monoisotopic (exact) mass is 425 g/mol. The smallest absolute Gasteiger partial charge is 0.268 e. The molecule has 0 saturated carbocycles. The summed E-state index contributed by atoms with van der Waals surface area (Å²) in [4.78, 5) is 16.9. The molecule has 1 amide bonds. The van der Waals surface area contributed by atoms with Crippen LogP contribution in [0.15, 0.2) is 78.4 Å². The van der Waals surface area contributed by atoms with E-state index in [2.05, 4.69) is 22.4 Å². The zero-order valence-corrected chi connectivity index (χ0v) is 17.6. The molecule has 0 bridgehead atoms. The third-order valence-corrected chi connectivity index (χ3v) is 5.55. The fourth-order valence-electron chi connectivity index (χ4n) is 2.92. The molecule has 0 atom stereocenters. The lowest BCUT2D eigenvalue weighted by atomic mass is 10.1. The summed E-state index contributed by atoms with van der Waals surface area (Å²) in [5, 5.41) is 12.6. The molecule has 1 aromatic heterocycles. The van der Waals surface area contributed by atoms with E-state index < -0.39 is 5.91 Å². The number of carbonyl (C=O) groups is 1. The fraction of sp³-hybridized carbons (Fsp3) is 0.0800. The minimum Gasteiger partial charge on any atom is -0.489 e. The first-order valence-electron chi connectivity index (χ1n) is 9.68. The van der Waals surface area contributed by atoms with E-state index in [-0.39, 0.29) is 5.57 Å². The van der Waals surface area contributed by atoms with Crippen LogP contribution in [0.4, 0.5) is 5.13 Å². The molecule has 5 nitrogen and oxygen atoms in total. The van der Waals surface area contributed by atoms with Gasteiger partial charge in [-0.25, -0.2) is 4.98 Å². The van der Waals surface area contributed by atoms with Gasteiger partial charge in [0.15, 0.2) is 5.13 Å². The highest BCUT2D eigenvalue weighted by Gasteiger charge is 2.12. The highest BCUT2D eigenvalue weighted by atomic mass is 32.1. The van der Waals surface area contributed by atoms with Crippen LogP contribution in [-0.2, 0) is 11.4 Å². The van der Waals surface area contributed by atoms with Gasteiger partial charge < -0.3 is 4.74 Å². The minimum absolute atomic E-state index is 0.00702. The second-order valence-corrected chi connectivity index (χ2v) is 7.98. The highest BCUT2D eigenvalue weighted by Crippen LogP contribution is 2.26. The van der Waals surface area contributed by atoms with E-state index in [0.29, 0.717) is 11.7 Å². The number of nitriles is 1. The third-order valence-electron chi connectivity index (χ3n) is 4.60. The van der Waals surface area contributed by atoms with Crippen LogP contribution in [0.25, 0.3) is 16.3 Å². The first-order valence-corrected chi connectivity index (χ1v) is 10.5. The van der Waals surface area contributed by atoms with Crippen molar-refractivity contribution in [3.63, 3.8) is 0 Å². The molecule has 0 aliphatic heterocycles. The summed E-state index contributed by atoms with van der Waals surface area (Å²) in [6.07, 6.45) is 1.55. The molecule has 0 spiro atoms. The normalized spacial score (nSPS) is 11.2. The first kappa shape index (κ1) is 20.3. The van der Waals surface area contributed by atoms with Crippen molar-refractivity contribution in [2.75, 3.05) is 5.32 Å². The fourth-order valence-corrected chi connectivity index (χ4v) is 3.78. The van der Waals surface area contributed by atoms with Crippen LogP contribution in [0.2, 0.25) is 0 Å². The van der Waals surface area contributed by atoms with Crippen molar-refractivity contribution in [3.8, 4) is 11.8 Å². The Morgan fingerprint density at radius 2 is 1.84 bits per heavy atom. The Morgan fingerprint density at radius 3 is 2.55 bits per heavy atom. The number of amides is 1. The van der Waals surface area contributed by atoms with Crippen LogP contribution in [0.1, 0.15) is 16.7 Å². The number of nitrogens with one attached hydrogen (secondary N) is 1. The molecule has 0 aliphatic rings. The summed E-state index contributed by atoms with van der Waals surface area (Å²) in [6, 6.07) is 25.0. The van der Waals surface area contributed by atoms with Gasteiger partial charge in [0, 0.05) is 0 Å². The van der Waals surface area contributed by atoms with E-state index in [9.17, 15) is 10.1 Å². The summed E-state index contributed by atoms with van der Waals surface area (Å²) < 4.78 is 6.78. The average molecular weight is 426 g/mol. The van der Waals surface area contributed by atoms with Crippen LogP contribution < -0.4 is 10.1 Å². The summed E-state index contributed by atoms with van der Waals surface area (Å²) in [5.74, 6) is 0.233. The number of anilines is 1. The number of aryl methyl sites for hydroxylation is 1. The Morgan fingerprint density at radius 1 is 1.10 bits per heavy atom. The predicted molar refractivity (Wildman–Crippen MR) is 124 cm³/mol. The third kappa shape index (κ3) is 5.16. The van der Waals surface area contributed by atoms with Crippen molar-refractivity contribution < 1.29 is 9.53 Å². The lowest BCUT2D eigenvalue weighted by molar-refractivity contribution is -0.112. The molecule has 152 valence electrons. The van der Waals surface area contributed by atoms with Crippen molar-refractivity contribution in [1.29, 1.82) is 5.26 Å². The number of nitrogens with zero attached hydrogens (tertiary/aromatic N) is 2. The number of carbonyl (C=O) groups excluding carboxylic acids is 1. The summed E-state index contributed by atoms with van der Waals surface area (Å²) in [5.41, 5.74) is 3.85. The Labute approximate surface area is 184 Å². The molecule has 0 saturated heterocycles. The van der Waals surface area contributed by atoms with Gasteiger partial charge in [-0.1, -0.05) is 65.4 Å². The largest absolute Gasteiger partial charge is 0.489 e. The molecule has 4 aromatic rings. The van der Waals surface area contributed by atoms with Crippen molar-refractivity contribution in [1.82, 2.24) is 4.98 Å². The Bertz CT molecular complexity index is 1250.